The van der Waals surface area contributed by atoms with Crippen molar-refractivity contribution in [1.29, 1.82) is 0 Å². The van der Waals surface area contributed by atoms with Gasteiger partial charge in [-0.2, -0.15) is 13.2 Å². The molecule has 0 radical (unpaired) electrons. The van der Waals surface area contributed by atoms with Crippen molar-refractivity contribution in [1.82, 2.24) is 5.32 Å². The average Bonchev–Trinajstić information content (AvgIpc) is 2.16. The van der Waals surface area contributed by atoms with Crippen LogP contribution >= 0.6 is 0 Å². The van der Waals surface area contributed by atoms with Gasteiger partial charge in [0.15, 0.2) is 0 Å². The Morgan fingerprint density at radius 2 is 1.94 bits per heavy atom. The number of carboxylic acids is 1. The Kier molecular flexibility index (Phi) is 4.15. The van der Waals surface area contributed by atoms with Crippen LogP contribution in [0.15, 0.2) is 0 Å². The summed E-state index contributed by atoms with van der Waals surface area (Å²) < 4.78 is 36.9. The van der Waals surface area contributed by atoms with Crippen molar-refractivity contribution in [3.63, 3.8) is 0 Å². The summed E-state index contributed by atoms with van der Waals surface area (Å²) in [4.78, 5) is 8.90. The number of alkyl halides is 3. The molecule has 0 saturated carbocycles. The fourth-order valence-corrected chi connectivity index (χ4v) is 1.67. The van der Waals surface area contributed by atoms with E-state index in [1.54, 1.807) is 0 Å². The minimum atomic E-state index is -5.08. The maximum Gasteiger partial charge on any atom is 0.490 e. The Balaban J connectivity index is 0.000000168. The first-order valence-corrected chi connectivity index (χ1v) is 4.94. The van der Waals surface area contributed by atoms with Crippen molar-refractivity contribution in [2.24, 2.45) is 5.41 Å². The smallest absolute Gasteiger partial charge is 0.475 e. The number of hydrogen-bond donors (Lipinski definition) is 2. The normalized spacial score (nSPS) is 22.9. The van der Waals surface area contributed by atoms with E-state index in [0.717, 1.165) is 13.2 Å². The molecule has 2 N–H and O–H groups in total. The van der Waals surface area contributed by atoms with Crippen molar-refractivity contribution in [2.45, 2.75) is 19.0 Å². The van der Waals surface area contributed by atoms with E-state index >= 15 is 0 Å². The maximum atomic E-state index is 10.6. The van der Waals surface area contributed by atoms with E-state index in [2.05, 4.69) is 5.32 Å². The van der Waals surface area contributed by atoms with Crippen LogP contribution in [-0.4, -0.2) is 43.6 Å². The van der Waals surface area contributed by atoms with E-state index in [0.29, 0.717) is 5.41 Å². The van der Waals surface area contributed by atoms with Gasteiger partial charge in [0.2, 0.25) is 0 Å². The lowest BCUT2D eigenvalue weighted by molar-refractivity contribution is -0.192. The van der Waals surface area contributed by atoms with E-state index in [9.17, 15) is 13.2 Å². The number of halogens is 3. The van der Waals surface area contributed by atoms with Crippen LogP contribution in [0.5, 0.6) is 0 Å². The Morgan fingerprint density at radius 3 is 2.12 bits per heavy atom. The number of aliphatic carboxylic acids is 1. The second kappa shape index (κ2) is 5.01. The molecule has 2 heterocycles. The van der Waals surface area contributed by atoms with Gasteiger partial charge in [-0.25, -0.2) is 4.79 Å². The molecule has 2 aliphatic heterocycles. The third kappa shape index (κ3) is 3.64. The molecule has 2 saturated heterocycles. The highest BCUT2D eigenvalue weighted by molar-refractivity contribution is 5.73. The van der Waals surface area contributed by atoms with Gasteiger partial charge in [-0.3, -0.25) is 0 Å². The summed E-state index contributed by atoms with van der Waals surface area (Å²) in [6, 6.07) is 0. The van der Waals surface area contributed by atoms with Gasteiger partial charge in [0, 0.05) is 12.0 Å². The molecule has 0 amide bonds. The highest BCUT2D eigenvalue weighted by atomic mass is 19.4. The molecule has 2 aliphatic rings. The Labute approximate surface area is 90.8 Å². The average molecular weight is 241 g/mol. The molecule has 0 bridgehead atoms. The minimum Gasteiger partial charge on any atom is -0.475 e. The molecule has 0 aromatic carbocycles. The van der Waals surface area contributed by atoms with Gasteiger partial charge >= 0.3 is 12.1 Å². The largest absolute Gasteiger partial charge is 0.490 e. The van der Waals surface area contributed by atoms with E-state index in [1.165, 1.54) is 25.9 Å². The monoisotopic (exact) mass is 241 g/mol. The zero-order valence-corrected chi connectivity index (χ0v) is 8.64. The predicted molar refractivity (Wildman–Crippen MR) is 49.0 cm³/mol. The molecule has 0 aromatic heterocycles. The fourth-order valence-electron chi connectivity index (χ4n) is 1.67. The Bertz CT molecular complexity index is 243. The van der Waals surface area contributed by atoms with Gasteiger partial charge in [-0.1, -0.05) is 0 Å². The predicted octanol–water partition coefficient (Wildman–Crippen LogP) is 1.02. The highest BCUT2D eigenvalue weighted by Gasteiger charge is 2.39. The SMILES string of the molecule is C1CNCC2(C1)COC2.O=C(O)C(F)(F)F. The quantitative estimate of drug-likeness (QED) is 0.664. The number of ether oxygens (including phenoxy) is 1. The molecule has 0 unspecified atom stereocenters. The summed E-state index contributed by atoms with van der Waals surface area (Å²) in [6.07, 6.45) is -2.37. The number of nitrogens with one attached hydrogen (secondary N) is 1. The van der Waals surface area contributed by atoms with E-state index < -0.39 is 12.1 Å². The van der Waals surface area contributed by atoms with Gasteiger partial charge in [-0.05, 0) is 19.4 Å². The molecule has 16 heavy (non-hydrogen) atoms. The van der Waals surface area contributed by atoms with E-state index in [-0.39, 0.29) is 0 Å². The summed E-state index contributed by atoms with van der Waals surface area (Å²) >= 11 is 0. The molecule has 0 aliphatic carbocycles. The van der Waals surface area contributed by atoms with Gasteiger partial charge < -0.3 is 15.2 Å². The molecule has 1 spiro atoms. The highest BCUT2D eigenvalue weighted by Crippen LogP contribution is 2.33. The molecule has 7 heteroatoms. The molecule has 0 aromatic rings. The van der Waals surface area contributed by atoms with Crippen molar-refractivity contribution >= 4 is 5.97 Å². The van der Waals surface area contributed by atoms with Crippen LogP contribution in [0.4, 0.5) is 13.2 Å². The first-order valence-electron chi connectivity index (χ1n) is 4.94. The molecule has 2 rings (SSSR count). The molecular weight excluding hydrogens is 227 g/mol. The summed E-state index contributed by atoms with van der Waals surface area (Å²) in [7, 11) is 0. The van der Waals surface area contributed by atoms with Crippen LogP contribution in [-0.2, 0) is 9.53 Å². The first-order chi connectivity index (χ1) is 7.36. The van der Waals surface area contributed by atoms with Crippen LogP contribution in [0.25, 0.3) is 0 Å². The molecular formula is C9H14F3NO3. The van der Waals surface area contributed by atoms with Gasteiger partial charge in [0.1, 0.15) is 0 Å². The zero-order chi connectivity index (χ0) is 12.2. The second-order valence-electron chi connectivity index (χ2n) is 4.08. The van der Waals surface area contributed by atoms with Crippen LogP contribution in [0.2, 0.25) is 0 Å². The molecule has 0 atom stereocenters. The van der Waals surface area contributed by atoms with Crippen molar-refractivity contribution < 1.29 is 27.8 Å². The van der Waals surface area contributed by atoms with Crippen molar-refractivity contribution in [3.05, 3.63) is 0 Å². The lowest BCUT2D eigenvalue weighted by atomic mass is 9.79. The molecule has 94 valence electrons. The summed E-state index contributed by atoms with van der Waals surface area (Å²) in [5.74, 6) is -2.76. The lowest BCUT2D eigenvalue weighted by Gasteiger charge is -2.44. The van der Waals surface area contributed by atoms with Gasteiger partial charge in [-0.15, -0.1) is 0 Å². The summed E-state index contributed by atoms with van der Waals surface area (Å²) in [5.41, 5.74) is 0.568. The number of carbonyl (C=O) groups is 1. The number of rotatable bonds is 0. The van der Waals surface area contributed by atoms with Crippen LogP contribution in [0, 0.1) is 5.41 Å². The number of hydrogen-bond acceptors (Lipinski definition) is 3. The van der Waals surface area contributed by atoms with Gasteiger partial charge in [0.05, 0.1) is 13.2 Å². The number of carboxylic acid groups (broad SMARTS) is 1. The Hall–Kier alpha value is -0.820. The third-order valence-corrected chi connectivity index (χ3v) is 2.62. The zero-order valence-electron chi connectivity index (χ0n) is 8.64. The lowest BCUT2D eigenvalue weighted by Crippen LogP contribution is -2.52. The van der Waals surface area contributed by atoms with Crippen molar-refractivity contribution in [3.8, 4) is 0 Å². The minimum absolute atomic E-state index is 0.568. The second-order valence-corrected chi connectivity index (χ2v) is 4.08. The van der Waals surface area contributed by atoms with E-state index in [4.69, 9.17) is 14.6 Å². The topological polar surface area (TPSA) is 58.6 Å². The summed E-state index contributed by atoms with van der Waals surface area (Å²) in [5, 5.41) is 10.5. The number of piperidine rings is 1. The molecule has 2 fully saturated rings. The first kappa shape index (κ1) is 13.2. The van der Waals surface area contributed by atoms with Crippen LogP contribution in [0.1, 0.15) is 12.8 Å². The van der Waals surface area contributed by atoms with Crippen molar-refractivity contribution in [2.75, 3.05) is 26.3 Å². The van der Waals surface area contributed by atoms with Crippen LogP contribution in [0.3, 0.4) is 0 Å². The fraction of sp³-hybridized carbons (Fsp3) is 0.889. The van der Waals surface area contributed by atoms with Gasteiger partial charge in [0.25, 0.3) is 0 Å². The standard InChI is InChI=1S/C7H13NO.C2HF3O2/c1-2-7(4-8-3-1)5-9-6-7;3-2(4,5)1(6)7/h8H,1-6H2;(H,6,7). The summed E-state index contributed by atoms with van der Waals surface area (Å²) in [6.45, 7) is 4.40. The molecule has 4 nitrogen and oxygen atoms in total. The van der Waals surface area contributed by atoms with Crippen LogP contribution < -0.4 is 5.32 Å². The third-order valence-electron chi connectivity index (χ3n) is 2.62. The van der Waals surface area contributed by atoms with E-state index in [1.807, 2.05) is 0 Å². The Morgan fingerprint density at radius 1 is 1.38 bits per heavy atom. The maximum absolute atomic E-state index is 10.6.